The minimum Gasteiger partial charge on any atom is -0.497 e. The lowest BCUT2D eigenvalue weighted by Crippen LogP contribution is -2.12. The third kappa shape index (κ3) is 4.19. The fourth-order valence-corrected chi connectivity index (χ4v) is 2.48. The van der Waals surface area contributed by atoms with Gasteiger partial charge in [0.25, 0.3) is 5.91 Å². The average molecular weight is 347 g/mol. The Morgan fingerprint density at radius 3 is 2.46 bits per heavy atom. The van der Waals surface area contributed by atoms with E-state index in [1.807, 2.05) is 12.1 Å². The number of carbonyl (C=O) groups is 1. The lowest BCUT2D eigenvalue weighted by atomic mass is 10.1. The maximum atomic E-state index is 12.3. The molecule has 0 unspecified atom stereocenters. The molecule has 3 rings (SSSR count). The second-order valence-corrected chi connectivity index (χ2v) is 6.04. The summed E-state index contributed by atoms with van der Waals surface area (Å²) in [6, 6.07) is 16.8. The van der Waals surface area contributed by atoms with Crippen molar-refractivity contribution in [3.63, 3.8) is 0 Å². The van der Waals surface area contributed by atoms with Gasteiger partial charge in [-0.05, 0) is 67.4 Å². The van der Waals surface area contributed by atoms with Crippen molar-refractivity contribution in [3.8, 4) is 5.75 Å². The van der Waals surface area contributed by atoms with Crippen LogP contribution >= 0.6 is 0 Å². The molecule has 0 aliphatic heterocycles. The summed E-state index contributed by atoms with van der Waals surface area (Å²) >= 11 is 0. The monoisotopic (exact) mass is 347 g/mol. The molecule has 2 aromatic carbocycles. The molecule has 0 aliphatic carbocycles. The Morgan fingerprint density at radius 2 is 1.77 bits per heavy atom. The number of pyridine rings is 1. The zero-order valence-electron chi connectivity index (χ0n) is 15.0. The maximum absolute atomic E-state index is 12.3. The van der Waals surface area contributed by atoms with Crippen molar-refractivity contribution >= 4 is 23.1 Å². The van der Waals surface area contributed by atoms with E-state index in [-0.39, 0.29) is 5.91 Å². The third-order valence-electron chi connectivity index (χ3n) is 4.13. The van der Waals surface area contributed by atoms with E-state index in [1.165, 1.54) is 11.1 Å². The van der Waals surface area contributed by atoms with Gasteiger partial charge in [0.1, 0.15) is 11.6 Å². The van der Waals surface area contributed by atoms with E-state index in [4.69, 9.17) is 4.74 Å². The summed E-state index contributed by atoms with van der Waals surface area (Å²) in [6.45, 7) is 4.16. The molecule has 1 heterocycles. The zero-order valence-corrected chi connectivity index (χ0v) is 15.0. The Kier molecular flexibility index (Phi) is 5.17. The highest BCUT2D eigenvalue weighted by Crippen LogP contribution is 2.20. The van der Waals surface area contributed by atoms with Gasteiger partial charge in [0.15, 0.2) is 0 Å². The first-order chi connectivity index (χ1) is 12.5. The Bertz CT molecular complexity index is 921. The van der Waals surface area contributed by atoms with Gasteiger partial charge < -0.3 is 15.4 Å². The summed E-state index contributed by atoms with van der Waals surface area (Å²) in [5.41, 5.74) is 4.86. The predicted molar refractivity (Wildman–Crippen MR) is 104 cm³/mol. The van der Waals surface area contributed by atoms with Crippen LogP contribution in [0.3, 0.4) is 0 Å². The summed E-state index contributed by atoms with van der Waals surface area (Å²) < 4.78 is 5.14. The Balaban J connectivity index is 1.67. The Morgan fingerprint density at radius 1 is 0.962 bits per heavy atom. The average Bonchev–Trinajstić information content (AvgIpc) is 2.66. The number of rotatable bonds is 5. The van der Waals surface area contributed by atoms with Gasteiger partial charge in [-0.2, -0.15) is 0 Å². The Labute approximate surface area is 153 Å². The molecule has 0 spiro atoms. The smallest absolute Gasteiger partial charge is 0.256 e. The quantitative estimate of drug-likeness (QED) is 0.702. The maximum Gasteiger partial charge on any atom is 0.256 e. The summed E-state index contributed by atoms with van der Waals surface area (Å²) in [5, 5.41) is 6.09. The lowest BCUT2D eigenvalue weighted by molar-refractivity contribution is 0.102. The molecule has 0 radical (unpaired) electrons. The molecule has 1 amide bonds. The number of ether oxygens (including phenoxy) is 1. The number of hydrogen-bond donors (Lipinski definition) is 2. The van der Waals surface area contributed by atoms with E-state index in [9.17, 15) is 4.79 Å². The van der Waals surface area contributed by atoms with Gasteiger partial charge in [-0.15, -0.1) is 0 Å². The second-order valence-electron chi connectivity index (χ2n) is 6.04. The number of aryl methyl sites for hydroxylation is 2. The van der Waals surface area contributed by atoms with Crippen LogP contribution in [0.5, 0.6) is 5.75 Å². The van der Waals surface area contributed by atoms with Crippen molar-refractivity contribution in [2.24, 2.45) is 0 Å². The molecule has 0 atom stereocenters. The molecule has 3 aromatic rings. The number of nitrogens with one attached hydrogen (secondary N) is 2. The molecule has 2 N–H and O–H groups in total. The van der Waals surface area contributed by atoms with Gasteiger partial charge in [0, 0.05) is 11.3 Å². The number of benzene rings is 2. The van der Waals surface area contributed by atoms with Crippen molar-refractivity contribution in [2.45, 2.75) is 13.8 Å². The van der Waals surface area contributed by atoms with Crippen molar-refractivity contribution in [2.75, 3.05) is 17.7 Å². The van der Waals surface area contributed by atoms with E-state index in [1.54, 1.807) is 43.6 Å². The molecule has 0 bridgehead atoms. The molecule has 5 nitrogen and oxygen atoms in total. The molecule has 0 saturated carbocycles. The fourth-order valence-electron chi connectivity index (χ4n) is 2.48. The van der Waals surface area contributed by atoms with Crippen LogP contribution in [0, 0.1) is 13.8 Å². The van der Waals surface area contributed by atoms with E-state index >= 15 is 0 Å². The zero-order chi connectivity index (χ0) is 18.5. The van der Waals surface area contributed by atoms with Crippen molar-refractivity contribution in [3.05, 3.63) is 77.5 Å². The minimum absolute atomic E-state index is 0.230. The first kappa shape index (κ1) is 17.5. The molecule has 0 saturated heterocycles. The highest BCUT2D eigenvalue weighted by Gasteiger charge is 2.08. The molecule has 1 aromatic heterocycles. The van der Waals surface area contributed by atoms with Crippen molar-refractivity contribution < 1.29 is 9.53 Å². The summed E-state index contributed by atoms with van der Waals surface area (Å²) in [4.78, 5) is 16.6. The minimum atomic E-state index is -0.230. The largest absolute Gasteiger partial charge is 0.497 e. The number of carbonyl (C=O) groups excluding carboxylic acids is 1. The number of nitrogens with zero attached hydrogens (tertiary/aromatic N) is 1. The number of amides is 1. The highest BCUT2D eigenvalue weighted by molar-refractivity contribution is 6.04. The molecule has 132 valence electrons. The number of aromatic nitrogens is 1. The van der Waals surface area contributed by atoms with E-state index in [2.05, 4.69) is 41.6 Å². The van der Waals surface area contributed by atoms with E-state index in [0.717, 1.165) is 11.4 Å². The van der Waals surface area contributed by atoms with Crippen LogP contribution in [-0.2, 0) is 0 Å². The predicted octanol–water partition coefficient (Wildman–Crippen LogP) is 4.70. The van der Waals surface area contributed by atoms with Crippen LogP contribution in [-0.4, -0.2) is 18.0 Å². The van der Waals surface area contributed by atoms with Gasteiger partial charge >= 0.3 is 0 Å². The molecule has 5 heteroatoms. The van der Waals surface area contributed by atoms with E-state index < -0.39 is 0 Å². The molecular weight excluding hydrogens is 326 g/mol. The van der Waals surface area contributed by atoms with Gasteiger partial charge in [-0.25, -0.2) is 4.98 Å². The van der Waals surface area contributed by atoms with Crippen molar-refractivity contribution in [1.29, 1.82) is 0 Å². The second kappa shape index (κ2) is 7.70. The van der Waals surface area contributed by atoms with Crippen molar-refractivity contribution in [1.82, 2.24) is 4.98 Å². The van der Waals surface area contributed by atoms with Gasteiger partial charge in [-0.1, -0.05) is 12.1 Å². The molecular formula is C21H21N3O2. The van der Waals surface area contributed by atoms with E-state index in [0.29, 0.717) is 17.1 Å². The molecule has 0 fully saturated rings. The van der Waals surface area contributed by atoms with Gasteiger partial charge in [0.2, 0.25) is 0 Å². The SMILES string of the molecule is COc1cccc(C(=O)Nc2ccc(Nc3ccc(C)c(C)c3)cn2)c1. The summed E-state index contributed by atoms with van der Waals surface area (Å²) in [7, 11) is 1.57. The van der Waals surface area contributed by atoms with Gasteiger partial charge in [-0.3, -0.25) is 4.79 Å². The normalized spacial score (nSPS) is 10.3. The number of anilines is 3. The highest BCUT2D eigenvalue weighted by atomic mass is 16.5. The number of methoxy groups -OCH3 is 1. The number of hydrogen-bond acceptors (Lipinski definition) is 4. The van der Waals surface area contributed by atoms with Crippen LogP contribution in [0.2, 0.25) is 0 Å². The van der Waals surface area contributed by atoms with Gasteiger partial charge in [0.05, 0.1) is 19.0 Å². The van der Waals surface area contributed by atoms with Crippen LogP contribution in [0.1, 0.15) is 21.5 Å². The topological polar surface area (TPSA) is 63.2 Å². The standard InChI is InChI=1S/C21H21N3O2/c1-14-7-8-17(11-15(14)2)23-18-9-10-20(22-13-18)24-21(25)16-5-4-6-19(12-16)26-3/h4-13,23H,1-3H3,(H,22,24,25). The summed E-state index contributed by atoms with van der Waals surface area (Å²) in [6.07, 6.45) is 1.69. The van der Waals surface area contributed by atoms with Crippen LogP contribution < -0.4 is 15.4 Å². The lowest BCUT2D eigenvalue weighted by Gasteiger charge is -2.10. The molecule has 26 heavy (non-hydrogen) atoms. The fraction of sp³-hybridized carbons (Fsp3) is 0.143. The summed E-state index contributed by atoms with van der Waals surface area (Å²) in [5.74, 6) is 0.897. The van der Waals surface area contributed by atoms with Crippen LogP contribution in [0.4, 0.5) is 17.2 Å². The first-order valence-corrected chi connectivity index (χ1v) is 8.31. The third-order valence-corrected chi connectivity index (χ3v) is 4.13. The first-order valence-electron chi connectivity index (χ1n) is 8.31. The van der Waals surface area contributed by atoms with Crippen LogP contribution in [0.25, 0.3) is 0 Å². The Hall–Kier alpha value is -3.34. The van der Waals surface area contributed by atoms with Crippen LogP contribution in [0.15, 0.2) is 60.8 Å². The molecule has 0 aliphatic rings.